The van der Waals surface area contributed by atoms with Gasteiger partial charge in [0.1, 0.15) is 0 Å². The van der Waals surface area contributed by atoms with Crippen molar-refractivity contribution in [3.63, 3.8) is 0 Å². The van der Waals surface area contributed by atoms with Gasteiger partial charge in [0.05, 0.1) is 17.1 Å². The maximum Gasteiger partial charge on any atom is 0.265 e. The number of carbonyl (C=O) groups is 2. The summed E-state index contributed by atoms with van der Waals surface area (Å²) in [5.74, 6) is -0.207. The van der Waals surface area contributed by atoms with Gasteiger partial charge in [-0.05, 0) is 72.7 Å². The molecule has 4 aromatic rings. The van der Waals surface area contributed by atoms with E-state index < -0.39 is 0 Å². The van der Waals surface area contributed by atoms with E-state index in [0.29, 0.717) is 23.6 Å². The molecule has 4 nitrogen and oxygen atoms in total. The van der Waals surface area contributed by atoms with E-state index in [2.05, 4.69) is 41.9 Å². The van der Waals surface area contributed by atoms with Crippen LogP contribution in [0.4, 0.5) is 5.69 Å². The fourth-order valence-electron chi connectivity index (χ4n) is 4.52. The first-order valence-corrected chi connectivity index (χ1v) is 14.9. The van der Waals surface area contributed by atoms with Gasteiger partial charge >= 0.3 is 0 Å². The topological polar surface area (TPSA) is 49.4 Å². The number of benzene rings is 4. The number of hydrogen-bond acceptors (Lipinski definition) is 4. The van der Waals surface area contributed by atoms with Crippen LogP contribution < -0.4 is 10.2 Å². The van der Waals surface area contributed by atoms with Crippen LogP contribution in [0.15, 0.2) is 112 Å². The van der Waals surface area contributed by atoms with Crippen LogP contribution in [-0.4, -0.2) is 24.6 Å². The molecule has 0 bridgehead atoms. The molecule has 196 valence electrons. The highest BCUT2D eigenvalue weighted by Gasteiger charge is 2.30. The van der Waals surface area contributed by atoms with Gasteiger partial charge in [-0.1, -0.05) is 84.1 Å². The molecule has 0 spiro atoms. The number of hydrogen-bond donors (Lipinski definition) is 1. The molecule has 0 aliphatic carbocycles. The summed E-state index contributed by atoms with van der Waals surface area (Å²) in [6, 6.07) is 32.1. The number of rotatable bonds is 8. The van der Waals surface area contributed by atoms with Crippen molar-refractivity contribution in [2.45, 2.75) is 29.7 Å². The molecule has 0 radical (unpaired) electrons. The molecule has 2 amide bonds. The summed E-state index contributed by atoms with van der Waals surface area (Å²) in [5.41, 5.74) is 5.65. The van der Waals surface area contributed by atoms with Crippen LogP contribution >= 0.6 is 23.5 Å². The van der Waals surface area contributed by atoms with Gasteiger partial charge in [0.25, 0.3) is 11.8 Å². The molecule has 0 atom stereocenters. The third kappa shape index (κ3) is 6.64. The van der Waals surface area contributed by atoms with Gasteiger partial charge in [-0.15, -0.1) is 11.8 Å². The molecule has 5 rings (SSSR count). The van der Waals surface area contributed by atoms with E-state index in [0.717, 1.165) is 33.7 Å². The Kier molecular flexibility index (Phi) is 8.54. The molecule has 1 N–H and O–H groups in total. The predicted molar refractivity (Wildman–Crippen MR) is 163 cm³/mol. The van der Waals surface area contributed by atoms with Gasteiger partial charge in [-0.25, -0.2) is 0 Å². The molecule has 0 saturated carbocycles. The maximum atomic E-state index is 13.8. The Morgan fingerprint density at radius 1 is 0.923 bits per heavy atom. The van der Waals surface area contributed by atoms with Crippen molar-refractivity contribution in [3.8, 4) is 0 Å². The van der Waals surface area contributed by atoms with Crippen LogP contribution in [0.5, 0.6) is 0 Å². The second-order valence-corrected chi connectivity index (χ2v) is 11.4. The highest BCUT2D eigenvalue weighted by atomic mass is 32.2. The summed E-state index contributed by atoms with van der Waals surface area (Å²) in [5, 5.41) is 3.04. The van der Waals surface area contributed by atoms with Crippen LogP contribution in [0.25, 0.3) is 6.08 Å². The molecule has 0 saturated heterocycles. The van der Waals surface area contributed by atoms with Gasteiger partial charge in [-0.3, -0.25) is 9.59 Å². The Morgan fingerprint density at radius 2 is 1.72 bits per heavy atom. The first-order valence-electron chi connectivity index (χ1n) is 12.9. The molecule has 0 aromatic heterocycles. The lowest BCUT2D eigenvalue weighted by Gasteiger charge is -2.31. The Bertz CT molecular complexity index is 1510. The van der Waals surface area contributed by atoms with E-state index in [9.17, 15) is 9.59 Å². The highest BCUT2D eigenvalue weighted by molar-refractivity contribution is 8.04. The zero-order chi connectivity index (χ0) is 27.2. The molecule has 0 unspecified atom stereocenters. The lowest BCUT2D eigenvalue weighted by Crippen LogP contribution is -2.34. The molecule has 6 heteroatoms. The van der Waals surface area contributed by atoms with Gasteiger partial charge in [0.2, 0.25) is 0 Å². The third-order valence-corrected chi connectivity index (χ3v) is 8.39. The number of amides is 2. The number of carbonyl (C=O) groups excluding carboxylic acids is 2. The third-order valence-electron chi connectivity index (χ3n) is 6.57. The van der Waals surface area contributed by atoms with Crippen LogP contribution in [-0.2, 0) is 17.8 Å². The van der Waals surface area contributed by atoms with Crippen LogP contribution in [0.1, 0.15) is 32.6 Å². The number of anilines is 1. The van der Waals surface area contributed by atoms with Crippen molar-refractivity contribution < 1.29 is 9.59 Å². The standard InChI is InChI=1S/C33H30N2O2S2/c1-23-7-6-10-26(19-23)22-35-29-21-27(32(36)34-18-17-24-11-14-28(38-2)15-12-24)13-16-30(29)39-31(33(35)37)20-25-8-4-3-5-9-25/h3-16,19-21H,17-18,22H2,1-2H3,(H,34,36). The number of thioether (sulfide) groups is 2. The number of aryl methyl sites for hydroxylation is 1. The van der Waals surface area contributed by atoms with Gasteiger partial charge in [-0.2, -0.15) is 0 Å². The number of nitrogens with one attached hydrogen (secondary N) is 1. The summed E-state index contributed by atoms with van der Waals surface area (Å²) in [7, 11) is 0. The number of fused-ring (bicyclic) bond motifs is 1. The fourth-order valence-corrected chi connectivity index (χ4v) is 5.96. The summed E-state index contributed by atoms with van der Waals surface area (Å²) < 4.78 is 0. The predicted octanol–water partition coefficient (Wildman–Crippen LogP) is 7.37. The first-order chi connectivity index (χ1) is 19.0. The largest absolute Gasteiger partial charge is 0.352 e. The van der Waals surface area contributed by atoms with Crippen LogP contribution in [0.2, 0.25) is 0 Å². The molecule has 1 heterocycles. The minimum absolute atomic E-state index is 0.0656. The second-order valence-electron chi connectivity index (χ2n) is 9.44. The van der Waals surface area contributed by atoms with Crippen molar-refractivity contribution in [1.82, 2.24) is 5.32 Å². The van der Waals surface area contributed by atoms with Crippen LogP contribution in [0, 0.1) is 6.92 Å². The summed E-state index contributed by atoms with van der Waals surface area (Å²) in [6.45, 7) is 3.02. The van der Waals surface area contributed by atoms with Gasteiger partial charge in [0, 0.05) is 21.9 Å². The second kappa shape index (κ2) is 12.4. The SMILES string of the molecule is CSc1ccc(CCNC(=O)c2ccc3c(c2)N(Cc2cccc(C)c2)C(=O)C(=Cc2ccccc2)S3)cc1. The molecule has 4 aromatic carbocycles. The molecular formula is C33H30N2O2S2. The Morgan fingerprint density at radius 3 is 2.46 bits per heavy atom. The monoisotopic (exact) mass is 550 g/mol. The molecular weight excluding hydrogens is 521 g/mol. The maximum absolute atomic E-state index is 13.8. The van der Waals surface area contributed by atoms with Crippen molar-refractivity contribution in [2.75, 3.05) is 17.7 Å². The smallest absolute Gasteiger partial charge is 0.265 e. The Labute approximate surface area is 238 Å². The van der Waals surface area contributed by atoms with E-state index in [1.54, 1.807) is 16.7 Å². The van der Waals surface area contributed by atoms with E-state index in [1.807, 2.05) is 79.7 Å². The van der Waals surface area contributed by atoms with Crippen molar-refractivity contribution in [1.29, 1.82) is 0 Å². The zero-order valence-corrected chi connectivity index (χ0v) is 23.6. The van der Waals surface area contributed by atoms with Crippen molar-refractivity contribution >= 4 is 47.1 Å². The van der Waals surface area contributed by atoms with E-state index in [4.69, 9.17) is 0 Å². The zero-order valence-electron chi connectivity index (χ0n) is 22.0. The summed E-state index contributed by atoms with van der Waals surface area (Å²) >= 11 is 3.17. The first kappa shape index (κ1) is 26.9. The summed E-state index contributed by atoms with van der Waals surface area (Å²) in [4.78, 5) is 31.5. The lowest BCUT2D eigenvalue weighted by molar-refractivity contribution is -0.114. The minimum Gasteiger partial charge on any atom is -0.352 e. The van der Waals surface area contributed by atoms with E-state index >= 15 is 0 Å². The lowest BCUT2D eigenvalue weighted by atomic mass is 10.1. The average molecular weight is 551 g/mol. The molecule has 0 fully saturated rings. The number of nitrogens with zero attached hydrogens (tertiary/aromatic N) is 1. The van der Waals surface area contributed by atoms with Crippen molar-refractivity contribution in [3.05, 3.63) is 130 Å². The van der Waals surface area contributed by atoms with Crippen LogP contribution in [0.3, 0.4) is 0 Å². The quantitative estimate of drug-likeness (QED) is 0.184. The van der Waals surface area contributed by atoms with E-state index in [1.165, 1.54) is 22.2 Å². The Balaban J connectivity index is 1.39. The average Bonchev–Trinajstić information content (AvgIpc) is 2.96. The van der Waals surface area contributed by atoms with E-state index in [-0.39, 0.29) is 11.8 Å². The molecule has 1 aliphatic rings. The highest BCUT2D eigenvalue weighted by Crippen LogP contribution is 2.43. The molecule has 39 heavy (non-hydrogen) atoms. The fraction of sp³-hybridized carbons (Fsp3) is 0.152. The Hall–Kier alpha value is -3.74. The minimum atomic E-state index is -0.142. The van der Waals surface area contributed by atoms with Gasteiger partial charge in [0.15, 0.2) is 0 Å². The van der Waals surface area contributed by atoms with Gasteiger partial charge < -0.3 is 10.2 Å². The molecule has 1 aliphatic heterocycles. The summed E-state index contributed by atoms with van der Waals surface area (Å²) in [6.07, 6.45) is 4.75. The van der Waals surface area contributed by atoms with Crippen molar-refractivity contribution in [2.24, 2.45) is 0 Å². The normalized spacial score (nSPS) is 13.8.